The van der Waals surface area contributed by atoms with E-state index >= 15 is 0 Å². The molecule has 7 nitrogen and oxygen atoms in total. The molecular weight excluding hydrogens is 438 g/mol. The fourth-order valence-corrected chi connectivity index (χ4v) is 4.59. The Hall–Kier alpha value is -1.49. The van der Waals surface area contributed by atoms with Gasteiger partial charge in [0.05, 0.1) is 26.8 Å². The lowest BCUT2D eigenvalue weighted by Gasteiger charge is -2.11. The summed E-state index contributed by atoms with van der Waals surface area (Å²) in [6, 6.07) is 3.62. The molecule has 0 saturated heterocycles. The van der Waals surface area contributed by atoms with E-state index in [-0.39, 0.29) is 0 Å². The van der Waals surface area contributed by atoms with Crippen molar-refractivity contribution in [1.29, 1.82) is 0 Å². The normalized spacial score (nSPS) is 11.4. The number of thioether (sulfide) groups is 2. The molecule has 0 aromatic carbocycles. The Morgan fingerprint density at radius 1 is 1.25 bits per heavy atom. The number of nitrogens with zero attached hydrogens (tertiary/aromatic N) is 3. The summed E-state index contributed by atoms with van der Waals surface area (Å²) in [6.45, 7) is 1.27. The first-order valence-electron chi connectivity index (χ1n) is 8.60. The number of pyridine rings is 1. The minimum Gasteiger partial charge on any atom is -0.366 e. The minimum absolute atomic E-state index is 0.432. The van der Waals surface area contributed by atoms with Gasteiger partial charge in [0.2, 0.25) is 0 Å². The molecule has 0 bridgehead atoms. The summed E-state index contributed by atoms with van der Waals surface area (Å²) in [7, 11) is 0. The van der Waals surface area contributed by atoms with Crippen LogP contribution in [0.15, 0.2) is 41.2 Å². The molecule has 0 atom stereocenters. The van der Waals surface area contributed by atoms with Crippen LogP contribution in [0.1, 0.15) is 11.4 Å². The predicted octanol–water partition coefficient (Wildman–Crippen LogP) is 3.66. The predicted molar refractivity (Wildman–Crippen MR) is 120 cm³/mol. The average Bonchev–Trinajstić information content (AvgIpc) is 3.18. The Kier molecular flexibility index (Phi) is 11.1. The zero-order chi connectivity index (χ0) is 20.0. The highest BCUT2D eigenvalue weighted by molar-refractivity contribution is 7.99. The maximum absolute atomic E-state index is 10.8. The van der Waals surface area contributed by atoms with Gasteiger partial charge in [0.15, 0.2) is 5.82 Å². The lowest BCUT2D eigenvalue weighted by atomic mass is 10.4. The van der Waals surface area contributed by atoms with E-state index in [0.29, 0.717) is 29.7 Å². The van der Waals surface area contributed by atoms with Gasteiger partial charge in [-0.15, -0.1) is 11.3 Å². The lowest BCUT2D eigenvalue weighted by molar-refractivity contribution is -0.404. The van der Waals surface area contributed by atoms with Gasteiger partial charge in [0.25, 0.3) is 6.20 Å². The zero-order valence-electron chi connectivity index (χ0n) is 15.2. The third kappa shape index (κ3) is 9.63. The monoisotopic (exact) mass is 459 g/mol. The van der Waals surface area contributed by atoms with E-state index in [2.05, 4.69) is 26.0 Å². The van der Waals surface area contributed by atoms with Gasteiger partial charge >= 0.3 is 0 Å². The summed E-state index contributed by atoms with van der Waals surface area (Å²) in [5, 5.41) is 19.7. The summed E-state index contributed by atoms with van der Waals surface area (Å²) in [5.41, 5.74) is 3.80. The van der Waals surface area contributed by atoms with Gasteiger partial charge in [-0.1, -0.05) is 11.6 Å². The molecule has 2 N–H and O–H groups in total. The highest BCUT2D eigenvalue weighted by atomic mass is 35.5. The molecule has 2 heterocycles. The number of hydrogen-bond acceptors (Lipinski definition) is 9. The summed E-state index contributed by atoms with van der Waals surface area (Å²) >= 11 is 11.1. The molecule has 0 fully saturated rings. The molecule has 0 aliphatic carbocycles. The SMILES string of the molecule is O=[N+]([O-])C=C(NCCSCCc1cscn1)NCCSCc1ncccc1Cl. The van der Waals surface area contributed by atoms with Gasteiger partial charge in [-0.25, -0.2) is 4.98 Å². The molecule has 0 unspecified atom stereocenters. The summed E-state index contributed by atoms with van der Waals surface area (Å²) < 4.78 is 0. The van der Waals surface area contributed by atoms with Crippen LogP contribution in [0.5, 0.6) is 0 Å². The van der Waals surface area contributed by atoms with Crippen molar-refractivity contribution >= 4 is 46.5 Å². The van der Waals surface area contributed by atoms with Crippen molar-refractivity contribution in [1.82, 2.24) is 20.6 Å². The highest BCUT2D eigenvalue weighted by Gasteiger charge is 2.04. The first-order chi connectivity index (χ1) is 13.6. The summed E-state index contributed by atoms with van der Waals surface area (Å²) in [6.07, 6.45) is 3.64. The van der Waals surface area contributed by atoms with Gasteiger partial charge in [0, 0.05) is 41.9 Å². The number of hydrogen-bond donors (Lipinski definition) is 2. The molecule has 0 saturated carbocycles. The molecular formula is C17H22ClN5O2S3. The third-order valence-electron chi connectivity index (χ3n) is 3.42. The van der Waals surface area contributed by atoms with Crippen molar-refractivity contribution in [3.05, 3.63) is 67.8 Å². The van der Waals surface area contributed by atoms with Gasteiger partial charge in [-0.05, 0) is 24.3 Å². The molecule has 152 valence electrons. The van der Waals surface area contributed by atoms with Crippen LogP contribution < -0.4 is 10.6 Å². The molecule has 28 heavy (non-hydrogen) atoms. The molecule has 2 aromatic rings. The number of nitrogens with one attached hydrogen (secondary N) is 2. The molecule has 0 radical (unpaired) electrons. The van der Waals surface area contributed by atoms with E-state index in [1.165, 1.54) is 0 Å². The number of aryl methyl sites for hydroxylation is 1. The van der Waals surface area contributed by atoms with E-state index in [4.69, 9.17) is 11.6 Å². The molecule has 0 aliphatic heterocycles. The van der Waals surface area contributed by atoms with E-state index in [9.17, 15) is 10.1 Å². The molecule has 0 aliphatic rings. The van der Waals surface area contributed by atoms with Crippen LogP contribution in [0.3, 0.4) is 0 Å². The number of rotatable bonds is 14. The number of halogens is 1. The molecule has 2 aromatic heterocycles. The maximum atomic E-state index is 10.8. The average molecular weight is 460 g/mol. The molecule has 0 spiro atoms. The second kappa shape index (κ2) is 13.6. The van der Waals surface area contributed by atoms with Crippen LogP contribution >= 0.6 is 46.5 Å². The Labute approximate surface area is 181 Å². The standard InChI is InChI=1S/C17H22ClN5O2S3/c18-15-2-1-4-19-16(15)12-27-9-6-21-17(10-23(24)25)20-5-8-26-7-3-14-11-28-13-22-14/h1-2,4,10-11,13,20-21H,3,5-9,12H2. The summed E-state index contributed by atoms with van der Waals surface area (Å²) in [5.74, 6) is 3.78. The number of thiazole rings is 1. The minimum atomic E-state index is -0.453. The zero-order valence-corrected chi connectivity index (χ0v) is 18.4. The van der Waals surface area contributed by atoms with Crippen molar-refractivity contribution < 1.29 is 4.92 Å². The van der Waals surface area contributed by atoms with Crippen LogP contribution in [-0.2, 0) is 12.2 Å². The molecule has 0 amide bonds. The van der Waals surface area contributed by atoms with Crippen LogP contribution in [0.2, 0.25) is 5.02 Å². The topological polar surface area (TPSA) is 93.0 Å². The Bertz CT molecular complexity index is 746. The van der Waals surface area contributed by atoms with Gasteiger partial charge < -0.3 is 10.6 Å². The Balaban J connectivity index is 1.59. The third-order valence-corrected chi connectivity index (χ3v) is 6.35. The van der Waals surface area contributed by atoms with Crippen LogP contribution in [0.25, 0.3) is 0 Å². The van der Waals surface area contributed by atoms with E-state index in [1.54, 1.807) is 47.1 Å². The van der Waals surface area contributed by atoms with Crippen molar-refractivity contribution in [2.24, 2.45) is 0 Å². The Morgan fingerprint density at radius 3 is 2.71 bits per heavy atom. The first kappa shape index (κ1) is 22.8. The van der Waals surface area contributed by atoms with Crippen molar-refractivity contribution in [3.63, 3.8) is 0 Å². The van der Waals surface area contributed by atoms with Crippen LogP contribution in [-0.4, -0.2) is 45.2 Å². The second-order valence-electron chi connectivity index (χ2n) is 5.51. The fraction of sp³-hybridized carbons (Fsp3) is 0.412. The molecule has 2 rings (SSSR count). The van der Waals surface area contributed by atoms with Gasteiger partial charge in [-0.2, -0.15) is 23.5 Å². The molecule has 11 heteroatoms. The maximum Gasteiger partial charge on any atom is 0.274 e. The van der Waals surface area contributed by atoms with Crippen molar-refractivity contribution in [2.75, 3.05) is 30.3 Å². The largest absolute Gasteiger partial charge is 0.366 e. The van der Waals surface area contributed by atoms with Crippen LogP contribution in [0.4, 0.5) is 0 Å². The van der Waals surface area contributed by atoms with Crippen LogP contribution in [0, 0.1) is 10.1 Å². The van der Waals surface area contributed by atoms with E-state index < -0.39 is 4.92 Å². The second-order valence-corrected chi connectivity index (χ2v) is 8.96. The first-order valence-corrected chi connectivity index (χ1v) is 12.2. The smallest absolute Gasteiger partial charge is 0.274 e. The highest BCUT2D eigenvalue weighted by Crippen LogP contribution is 2.18. The lowest BCUT2D eigenvalue weighted by Crippen LogP contribution is -2.30. The number of nitro groups is 1. The van der Waals surface area contributed by atoms with Gasteiger partial charge in [-0.3, -0.25) is 15.1 Å². The van der Waals surface area contributed by atoms with Gasteiger partial charge in [0.1, 0.15) is 0 Å². The van der Waals surface area contributed by atoms with Crippen molar-refractivity contribution in [3.8, 4) is 0 Å². The fourth-order valence-electron chi connectivity index (χ4n) is 2.11. The van der Waals surface area contributed by atoms with Crippen molar-refractivity contribution in [2.45, 2.75) is 12.2 Å². The van der Waals surface area contributed by atoms with E-state index in [0.717, 1.165) is 41.3 Å². The Morgan fingerprint density at radius 2 is 2.04 bits per heavy atom. The van der Waals surface area contributed by atoms with E-state index in [1.807, 2.05) is 11.6 Å². The summed E-state index contributed by atoms with van der Waals surface area (Å²) in [4.78, 5) is 18.8. The number of aromatic nitrogens is 2. The quantitative estimate of drug-likeness (QED) is 0.251.